The molecule has 0 saturated heterocycles. The molecule has 1 N–H and O–H groups in total. The van der Waals surface area contributed by atoms with Crippen molar-refractivity contribution in [2.45, 2.75) is 27.2 Å². The average molecular weight is 199 g/mol. The van der Waals surface area contributed by atoms with Gasteiger partial charge in [0.05, 0.1) is 0 Å². The van der Waals surface area contributed by atoms with Crippen LogP contribution in [0.5, 0.6) is 0 Å². The summed E-state index contributed by atoms with van der Waals surface area (Å²) in [7, 11) is 2.01. The van der Waals surface area contributed by atoms with Crippen molar-refractivity contribution < 1.29 is 9.90 Å². The molecule has 0 fully saturated rings. The van der Waals surface area contributed by atoms with E-state index in [1.807, 2.05) is 7.05 Å². The van der Waals surface area contributed by atoms with E-state index in [-0.39, 0.29) is 0 Å². The highest BCUT2D eigenvalue weighted by atomic mass is 16.4. The van der Waals surface area contributed by atoms with Crippen LogP contribution >= 0.6 is 0 Å². The number of aliphatic carboxylic acids is 1. The number of carboxylic acid groups (broad SMARTS) is 1. The van der Waals surface area contributed by atoms with Gasteiger partial charge >= 0.3 is 5.97 Å². The maximum atomic E-state index is 10.5. The highest BCUT2D eigenvalue weighted by molar-refractivity contribution is 5.85. The zero-order chi connectivity index (χ0) is 11.1. The first-order valence-corrected chi connectivity index (χ1v) is 5.06. The van der Waals surface area contributed by atoms with Crippen LogP contribution in [0.15, 0.2) is 11.6 Å². The molecule has 0 aliphatic carbocycles. The Morgan fingerprint density at radius 1 is 1.57 bits per heavy atom. The van der Waals surface area contributed by atoms with Crippen LogP contribution in [0.2, 0.25) is 0 Å². The Bertz CT molecular complexity index is 211. The second kappa shape index (κ2) is 6.60. The smallest absolute Gasteiger partial charge is 0.330 e. The van der Waals surface area contributed by atoms with Crippen LogP contribution in [0.1, 0.15) is 27.2 Å². The maximum absolute atomic E-state index is 10.5. The van der Waals surface area contributed by atoms with E-state index in [1.54, 1.807) is 13.0 Å². The third kappa shape index (κ3) is 5.75. The molecule has 82 valence electrons. The van der Waals surface area contributed by atoms with Gasteiger partial charge in [-0.3, -0.25) is 0 Å². The molecule has 0 spiro atoms. The summed E-state index contributed by atoms with van der Waals surface area (Å²) in [6.07, 6.45) is 2.91. The van der Waals surface area contributed by atoms with Crippen LogP contribution in [0.4, 0.5) is 0 Å². The summed E-state index contributed by atoms with van der Waals surface area (Å²) in [4.78, 5) is 12.6. The third-order valence-corrected chi connectivity index (χ3v) is 2.37. The lowest BCUT2D eigenvalue weighted by molar-refractivity contribution is -0.132. The number of rotatable bonds is 6. The van der Waals surface area contributed by atoms with Gasteiger partial charge < -0.3 is 10.0 Å². The van der Waals surface area contributed by atoms with Gasteiger partial charge in [0, 0.05) is 18.7 Å². The molecule has 1 unspecified atom stereocenters. The molecule has 0 aliphatic rings. The topological polar surface area (TPSA) is 40.5 Å². The van der Waals surface area contributed by atoms with E-state index >= 15 is 0 Å². The van der Waals surface area contributed by atoms with Gasteiger partial charge in [-0.1, -0.05) is 26.3 Å². The van der Waals surface area contributed by atoms with Crippen LogP contribution in [-0.2, 0) is 4.79 Å². The first kappa shape index (κ1) is 13.2. The summed E-state index contributed by atoms with van der Waals surface area (Å²) >= 11 is 0. The molecule has 1 atom stereocenters. The standard InChI is InChI=1S/C11H21NO2/c1-5-9(2)8-12(4)7-6-10(3)11(13)14/h6,9H,5,7-8H2,1-4H3,(H,13,14). The van der Waals surface area contributed by atoms with Crippen molar-refractivity contribution in [3.8, 4) is 0 Å². The highest BCUT2D eigenvalue weighted by Gasteiger charge is 2.04. The Labute approximate surface area is 86.4 Å². The molecule has 0 bridgehead atoms. The van der Waals surface area contributed by atoms with E-state index in [1.165, 1.54) is 0 Å². The van der Waals surface area contributed by atoms with E-state index in [4.69, 9.17) is 5.11 Å². The van der Waals surface area contributed by atoms with Gasteiger partial charge in [0.2, 0.25) is 0 Å². The molecule has 0 saturated carbocycles. The van der Waals surface area contributed by atoms with Gasteiger partial charge in [-0.15, -0.1) is 0 Å². The molecule has 3 nitrogen and oxygen atoms in total. The molecule has 14 heavy (non-hydrogen) atoms. The summed E-state index contributed by atoms with van der Waals surface area (Å²) < 4.78 is 0. The molecule has 0 rings (SSSR count). The highest BCUT2D eigenvalue weighted by Crippen LogP contribution is 2.03. The minimum Gasteiger partial charge on any atom is -0.478 e. The fraction of sp³-hybridized carbons (Fsp3) is 0.727. The lowest BCUT2D eigenvalue weighted by Gasteiger charge is -2.18. The number of hydrogen-bond acceptors (Lipinski definition) is 2. The Hall–Kier alpha value is -0.830. The normalized spacial score (nSPS) is 14.5. The molecule has 0 radical (unpaired) electrons. The van der Waals surface area contributed by atoms with Crippen molar-refractivity contribution in [2.75, 3.05) is 20.1 Å². The number of carboxylic acids is 1. The summed E-state index contributed by atoms with van der Waals surface area (Å²) in [5.74, 6) is -0.166. The van der Waals surface area contributed by atoms with Gasteiger partial charge in [-0.25, -0.2) is 4.79 Å². The molecule has 0 amide bonds. The monoisotopic (exact) mass is 199 g/mol. The molecule has 3 heteroatoms. The van der Waals surface area contributed by atoms with Crippen LogP contribution in [0.25, 0.3) is 0 Å². The Balaban J connectivity index is 3.89. The van der Waals surface area contributed by atoms with Gasteiger partial charge in [0.25, 0.3) is 0 Å². The van der Waals surface area contributed by atoms with Gasteiger partial charge in [0.15, 0.2) is 0 Å². The van der Waals surface area contributed by atoms with Gasteiger partial charge in [0.1, 0.15) is 0 Å². The average Bonchev–Trinajstić information content (AvgIpc) is 2.13. The number of nitrogens with zero attached hydrogens (tertiary/aromatic N) is 1. The van der Waals surface area contributed by atoms with Crippen LogP contribution in [-0.4, -0.2) is 36.1 Å². The lowest BCUT2D eigenvalue weighted by Crippen LogP contribution is -2.24. The minimum atomic E-state index is -0.832. The van der Waals surface area contributed by atoms with Crippen molar-refractivity contribution >= 4 is 5.97 Å². The summed E-state index contributed by atoms with van der Waals surface area (Å²) in [6.45, 7) is 7.71. The number of hydrogen-bond donors (Lipinski definition) is 1. The number of carbonyl (C=O) groups is 1. The third-order valence-electron chi connectivity index (χ3n) is 2.37. The SMILES string of the molecule is CCC(C)CN(C)CC=C(C)C(=O)O. The predicted molar refractivity (Wildman–Crippen MR) is 58.3 cm³/mol. The second-order valence-corrected chi connectivity index (χ2v) is 3.93. The van der Waals surface area contributed by atoms with E-state index in [0.29, 0.717) is 18.0 Å². The zero-order valence-corrected chi connectivity index (χ0v) is 9.58. The van der Waals surface area contributed by atoms with Crippen LogP contribution in [0, 0.1) is 5.92 Å². The Morgan fingerprint density at radius 3 is 2.57 bits per heavy atom. The summed E-state index contributed by atoms with van der Waals surface area (Å²) in [5, 5.41) is 8.64. The quantitative estimate of drug-likeness (QED) is 0.665. The van der Waals surface area contributed by atoms with Crippen molar-refractivity contribution in [1.82, 2.24) is 4.90 Å². The Kier molecular flexibility index (Phi) is 6.21. The van der Waals surface area contributed by atoms with Crippen molar-refractivity contribution in [1.29, 1.82) is 0 Å². The maximum Gasteiger partial charge on any atom is 0.330 e. The van der Waals surface area contributed by atoms with E-state index in [2.05, 4.69) is 18.7 Å². The van der Waals surface area contributed by atoms with E-state index < -0.39 is 5.97 Å². The van der Waals surface area contributed by atoms with Crippen molar-refractivity contribution in [3.05, 3.63) is 11.6 Å². The predicted octanol–water partition coefficient (Wildman–Crippen LogP) is 2.00. The van der Waals surface area contributed by atoms with Crippen LogP contribution < -0.4 is 0 Å². The summed E-state index contributed by atoms with van der Waals surface area (Å²) in [5.41, 5.74) is 0.418. The van der Waals surface area contributed by atoms with Crippen LogP contribution in [0.3, 0.4) is 0 Å². The van der Waals surface area contributed by atoms with Gasteiger partial charge in [-0.05, 0) is 19.9 Å². The molecule has 0 aromatic heterocycles. The first-order valence-electron chi connectivity index (χ1n) is 5.06. The zero-order valence-electron chi connectivity index (χ0n) is 9.58. The molecule has 0 heterocycles. The molecule has 0 aliphatic heterocycles. The Morgan fingerprint density at radius 2 is 2.14 bits per heavy atom. The minimum absolute atomic E-state index is 0.418. The molecule has 0 aromatic rings. The van der Waals surface area contributed by atoms with Gasteiger partial charge in [-0.2, -0.15) is 0 Å². The summed E-state index contributed by atoms with van der Waals surface area (Å²) in [6, 6.07) is 0. The molecular formula is C11H21NO2. The van der Waals surface area contributed by atoms with E-state index in [0.717, 1.165) is 13.0 Å². The first-order chi connectivity index (χ1) is 6.47. The fourth-order valence-electron chi connectivity index (χ4n) is 1.12. The largest absolute Gasteiger partial charge is 0.478 e. The van der Waals surface area contributed by atoms with E-state index in [9.17, 15) is 4.79 Å². The molecular weight excluding hydrogens is 178 g/mol. The fourth-order valence-corrected chi connectivity index (χ4v) is 1.12. The second-order valence-electron chi connectivity index (χ2n) is 3.93. The lowest BCUT2D eigenvalue weighted by atomic mass is 10.1. The van der Waals surface area contributed by atoms with Crippen molar-refractivity contribution in [2.24, 2.45) is 5.92 Å². The molecule has 0 aromatic carbocycles. The number of likely N-dealkylation sites (N-methyl/N-ethyl adjacent to an activating group) is 1. The van der Waals surface area contributed by atoms with Crippen molar-refractivity contribution in [3.63, 3.8) is 0 Å².